The van der Waals surface area contributed by atoms with Crippen LogP contribution >= 0.6 is 0 Å². The summed E-state index contributed by atoms with van der Waals surface area (Å²) < 4.78 is 27.9. The number of nitrogens with one attached hydrogen (secondary N) is 2. The molecule has 1 aromatic carbocycles. The number of pyridine rings is 1. The Morgan fingerprint density at radius 2 is 1.82 bits per heavy atom. The Morgan fingerprint density at radius 3 is 2.50 bits per heavy atom. The minimum absolute atomic E-state index is 0.0286. The van der Waals surface area contributed by atoms with Gasteiger partial charge in [-0.05, 0) is 42.0 Å². The van der Waals surface area contributed by atoms with Crippen LogP contribution in [0.5, 0.6) is 0 Å². The molecule has 2 aromatic heterocycles. The first-order valence-corrected chi connectivity index (χ1v) is 9.73. The minimum Gasteiger partial charge on any atom is -0.305 e. The Balaban J connectivity index is 1.64. The molecular weight excluding hydrogens is 378 g/mol. The molecule has 0 aliphatic carbocycles. The molecule has 2 N–H and O–H groups in total. The standard InChI is InChI=1S/C19H17N5O3S/c1-2-10-21-28(26,27)17-5-3-16(4-6-17)19(25)22-18-9-13-24(23-18)14-15-7-11-20-12-8-15/h1,3-9,11-13,21H,10,14H2,(H,22,23,25). The summed E-state index contributed by atoms with van der Waals surface area (Å²) in [5.41, 5.74) is 1.34. The van der Waals surface area contributed by atoms with Crippen molar-refractivity contribution in [3.63, 3.8) is 0 Å². The van der Waals surface area contributed by atoms with Gasteiger partial charge in [0, 0.05) is 30.2 Å². The summed E-state index contributed by atoms with van der Waals surface area (Å²) in [6.45, 7) is 0.447. The van der Waals surface area contributed by atoms with Gasteiger partial charge in [0.25, 0.3) is 5.91 Å². The fraction of sp³-hybridized carbons (Fsp3) is 0.105. The van der Waals surface area contributed by atoms with Gasteiger partial charge in [0.2, 0.25) is 10.0 Å². The zero-order valence-electron chi connectivity index (χ0n) is 14.7. The molecule has 0 unspecified atom stereocenters. The number of anilines is 1. The van der Waals surface area contributed by atoms with Gasteiger partial charge in [-0.1, -0.05) is 5.92 Å². The van der Waals surface area contributed by atoms with Crippen molar-refractivity contribution in [2.24, 2.45) is 0 Å². The third-order valence-electron chi connectivity index (χ3n) is 3.77. The lowest BCUT2D eigenvalue weighted by atomic mass is 10.2. The topological polar surface area (TPSA) is 106 Å². The van der Waals surface area contributed by atoms with E-state index in [1.54, 1.807) is 29.3 Å². The number of carbonyl (C=O) groups is 1. The predicted molar refractivity (Wildman–Crippen MR) is 104 cm³/mol. The summed E-state index contributed by atoms with van der Waals surface area (Å²) in [5, 5.41) is 6.98. The lowest BCUT2D eigenvalue weighted by molar-refractivity contribution is 0.102. The number of terminal acetylenes is 1. The van der Waals surface area contributed by atoms with E-state index in [4.69, 9.17) is 6.42 Å². The van der Waals surface area contributed by atoms with Crippen molar-refractivity contribution in [2.75, 3.05) is 11.9 Å². The normalized spacial score (nSPS) is 11.0. The number of sulfonamides is 1. The van der Waals surface area contributed by atoms with Crippen LogP contribution in [0.25, 0.3) is 0 Å². The van der Waals surface area contributed by atoms with Crippen LogP contribution in [0.15, 0.2) is 66.0 Å². The maximum absolute atomic E-state index is 12.4. The average Bonchev–Trinajstić information content (AvgIpc) is 3.14. The van der Waals surface area contributed by atoms with Gasteiger partial charge in [-0.15, -0.1) is 6.42 Å². The second-order valence-electron chi connectivity index (χ2n) is 5.76. The molecule has 2 heterocycles. The number of benzene rings is 1. The van der Waals surface area contributed by atoms with Crippen LogP contribution in [-0.2, 0) is 16.6 Å². The third-order valence-corrected chi connectivity index (χ3v) is 5.18. The Morgan fingerprint density at radius 1 is 1.11 bits per heavy atom. The van der Waals surface area contributed by atoms with E-state index in [1.165, 1.54) is 24.3 Å². The van der Waals surface area contributed by atoms with Crippen LogP contribution in [0.3, 0.4) is 0 Å². The molecule has 0 fully saturated rings. The van der Waals surface area contributed by atoms with Crippen molar-refractivity contribution in [1.29, 1.82) is 0 Å². The zero-order chi connectivity index (χ0) is 20.0. The van der Waals surface area contributed by atoms with E-state index in [9.17, 15) is 13.2 Å². The van der Waals surface area contributed by atoms with E-state index in [2.05, 4.69) is 26.0 Å². The Labute approximate surface area is 162 Å². The molecule has 3 rings (SSSR count). The van der Waals surface area contributed by atoms with Crippen molar-refractivity contribution < 1.29 is 13.2 Å². The van der Waals surface area contributed by atoms with E-state index in [1.807, 2.05) is 12.1 Å². The smallest absolute Gasteiger partial charge is 0.256 e. The molecule has 0 radical (unpaired) electrons. The van der Waals surface area contributed by atoms with Crippen LogP contribution in [-0.4, -0.2) is 35.6 Å². The minimum atomic E-state index is -3.69. The average molecular weight is 395 g/mol. The van der Waals surface area contributed by atoms with Crippen LogP contribution in [0.1, 0.15) is 15.9 Å². The molecular formula is C19H17N5O3S. The maximum atomic E-state index is 12.4. The van der Waals surface area contributed by atoms with Gasteiger partial charge < -0.3 is 5.32 Å². The summed E-state index contributed by atoms with van der Waals surface area (Å²) >= 11 is 0. The van der Waals surface area contributed by atoms with Gasteiger partial charge in [-0.25, -0.2) is 8.42 Å². The van der Waals surface area contributed by atoms with Crippen LogP contribution in [0.4, 0.5) is 5.82 Å². The van der Waals surface area contributed by atoms with Crippen molar-refractivity contribution in [1.82, 2.24) is 19.5 Å². The molecule has 0 saturated carbocycles. The van der Waals surface area contributed by atoms with Gasteiger partial charge in [-0.2, -0.15) is 9.82 Å². The summed E-state index contributed by atoms with van der Waals surface area (Å²) in [6.07, 6.45) is 10.2. The number of nitrogens with zero attached hydrogens (tertiary/aromatic N) is 3. The third kappa shape index (κ3) is 4.82. The quantitative estimate of drug-likeness (QED) is 0.590. The predicted octanol–water partition coefficient (Wildman–Crippen LogP) is 1.49. The van der Waals surface area contributed by atoms with Gasteiger partial charge >= 0.3 is 0 Å². The number of rotatable bonds is 7. The Kier molecular flexibility index (Phi) is 5.84. The summed E-state index contributed by atoms with van der Waals surface area (Å²) in [6, 6.07) is 11.0. The Hall–Kier alpha value is -3.48. The number of hydrogen-bond donors (Lipinski definition) is 2. The molecule has 0 aliphatic rings. The first-order chi connectivity index (χ1) is 13.5. The van der Waals surface area contributed by atoms with E-state index in [-0.39, 0.29) is 11.4 Å². The van der Waals surface area contributed by atoms with Gasteiger partial charge in [-0.3, -0.25) is 14.5 Å². The Bertz CT molecular complexity index is 1100. The number of carbonyl (C=O) groups excluding carboxylic acids is 1. The summed E-state index contributed by atoms with van der Waals surface area (Å²) in [4.78, 5) is 16.3. The highest BCUT2D eigenvalue weighted by Crippen LogP contribution is 2.12. The molecule has 0 atom stereocenters. The lowest BCUT2D eigenvalue weighted by Crippen LogP contribution is -2.24. The fourth-order valence-corrected chi connectivity index (χ4v) is 3.32. The summed E-state index contributed by atoms with van der Waals surface area (Å²) in [7, 11) is -3.69. The first kappa shape index (κ1) is 19.3. The summed E-state index contributed by atoms with van der Waals surface area (Å²) in [5.74, 6) is 2.20. The number of hydrogen-bond acceptors (Lipinski definition) is 5. The second-order valence-corrected chi connectivity index (χ2v) is 7.53. The highest BCUT2D eigenvalue weighted by molar-refractivity contribution is 7.89. The van der Waals surface area contributed by atoms with Crippen LogP contribution in [0.2, 0.25) is 0 Å². The second kappa shape index (κ2) is 8.47. The molecule has 0 saturated heterocycles. The van der Waals surface area contributed by atoms with Gasteiger partial charge in [0.1, 0.15) is 0 Å². The SMILES string of the molecule is C#CCNS(=O)(=O)c1ccc(C(=O)Nc2ccn(Cc3ccncc3)n2)cc1. The molecule has 142 valence electrons. The molecule has 8 nitrogen and oxygen atoms in total. The molecule has 0 aliphatic heterocycles. The lowest BCUT2D eigenvalue weighted by Gasteiger charge is -2.06. The van der Waals surface area contributed by atoms with Crippen molar-refractivity contribution in [3.8, 4) is 12.3 Å². The largest absolute Gasteiger partial charge is 0.305 e. The van der Waals surface area contributed by atoms with Crippen molar-refractivity contribution >= 4 is 21.7 Å². The highest BCUT2D eigenvalue weighted by Gasteiger charge is 2.14. The van der Waals surface area contributed by atoms with Crippen LogP contribution in [0, 0.1) is 12.3 Å². The number of amides is 1. The zero-order valence-corrected chi connectivity index (χ0v) is 15.6. The maximum Gasteiger partial charge on any atom is 0.256 e. The molecule has 0 bridgehead atoms. The van der Waals surface area contributed by atoms with Crippen molar-refractivity contribution in [3.05, 3.63) is 72.2 Å². The number of aromatic nitrogens is 3. The van der Waals surface area contributed by atoms with Crippen molar-refractivity contribution in [2.45, 2.75) is 11.4 Å². The molecule has 1 amide bonds. The monoisotopic (exact) mass is 395 g/mol. The molecule has 28 heavy (non-hydrogen) atoms. The first-order valence-electron chi connectivity index (χ1n) is 8.25. The van der Waals surface area contributed by atoms with E-state index >= 15 is 0 Å². The van der Waals surface area contributed by atoms with Gasteiger partial charge in [0.05, 0.1) is 18.0 Å². The van der Waals surface area contributed by atoms with Gasteiger partial charge in [0.15, 0.2) is 5.82 Å². The van der Waals surface area contributed by atoms with E-state index in [0.29, 0.717) is 17.9 Å². The molecule has 0 spiro atoms. The van der Waals surface area contributed by atoms with E-state index < -0.39 is 15.9 Å². The van der Waals surface area contributed by atoms with Crippen LogP contribution < -0.4 is 10.0 Å². The fourth-order valence-electron chi connectivity index (χ4n) is 2.39. The van der Waals surface area contributed by atoms with E-state index in [0.717, 1.165) is 5.56 Å². The molecule has 3 aromatic rings. The highest BCUT2D eigenvalue weighted by atomic mass is 32.2. The molecule has 9 heteroatoms.